The van der Waals surface area contributed by atoms with Gasteiger partial charge in [-0.2, -0.15) is 0 Å². The lowest BCUT2D eigenvalue weighted by molar-refractivity contribution is -0.153. The van der Waals surface area contributed by atoms with Crippen LogP contribution in [0.2, 0.25) is 0 Å². The molecule has 5 N–H and O–H groups in total. The van der Waals surface area contributed by atoms with E-state index >= 15 is 0 Å². The van der Waals surface area contributed by atoms with E-state index < -0.39 is 17.4 Å². The first-order valence-corrected chi connectivity index (χ1v) is 6.61. The minimum Gasteiger partial charge on any atom is -0.481 e. The fourth-order valence-electron chi connectivity index (χ4n) is 2.27. The van der Waals surface area contributed by atoms with Crippen LogP contribution in [0.25, 0.3) is 0 Å². The van der Waals surface area contributed by atoms with E-state index in [1.54, 1.807) is 12.1 Å². The number of hydrogen-bond donors (Lipinski definition) is 4. The summed E-state index contributed by atoms with van der Waals surface area (Å²) in [5, 5.41) is 14.2. The molecule has 0 heterocycles. The van der Waals surface area contributed by atoms with Gasteiger partial charge in [-0.15, -0.1) is 0 Å². The maximum atomic E-state index is 12.0. The van der Waals surface area contributed by atoms with E-state index in [9.17, 15) is 19.5 Å². The van der Waals surface area contributed by atoms with Crippen LogP contribution in [-0.4, -0.2) is 29.6 Å². The van der Waals surface area contributed by atoms with Crippen molar-refractivity contribution in [1.29, 1.82) is 0 Å². The van der Waals surface area contributed by atoms with Crippen LogP contribution in [0.1, 0.15) is 29.6 Å². The van der Waals surface area contributed by atoms with Gasteiger partial charge in [0.15, 0.2) is 0 Å². The highest BCUT2D eigenvalue weighted by Gasteiger charge is 2.44. The minimum absolute atomic E-state index is 0.127. The number of nitrogens with one attached hydrogen (secondary N) is 2. The SMILES string of the molecule is NC(=O)Nc1ccc(C(=O)NCC2(C(=O)O)CCC2)cc1. The monoisotopic (exact) mass is 291 g/mol. The van der Waals surface area contributed by atoms with E-state index in [0.29, 0.717) is 24.1 Å². The summed E-state index contributed by atoms with van der Waals surface area (Å²) in [4.78, 5) is 33.8. The highest BCUT2D eigenvalue weighted by Crippen LogP contribution is 2.40. The van der Waals surface area contributed by atoms with E-state index in [0.717, 1.165) is 6.42 Å². The molecule has 0 spiro atoms. The summed E-state index contributed by atoms with van der Waals surface area (Å²) >= 11 is 0. The standard InChI is InChI=1S/C14H17N3O4/c15-13(21)17-10-4-2-9(3-5-10)11(18)16-8-14(12(19)20)6-1-7-14/h2-5H,1,6-8H2,(H,16,18)(H,19,20)(H3,15,17,21). The number of carbonyl (C=O) groups is 3. The van der Waals surface area contributed by atoms with Gasteiger partial charge in [-0.25, -0.2) is 4.79 Å². The molecule has 2 rings (SSSR count). The van der Waals surface area contributed by atoms with Crippen LogP contribution in [0, 0.1) is 5.41 Å². The van der Waals surface area contributed by atoms with Crippen molar-refractivity contribution in [3.05, 3.63) is 29.8 Å². The van der Waals surface area contributed by atoms with E-state index in [-0.39, 0.29) is 12.5 Å². The number of primary amides is 1. The lowest BCUT2D eigenvalue weighted by Crippen LogP contribution is -2.47. The number of benzene rings is 1. The quantitative estimate of drug-likeness (QED) is 0.650. The summed E-state index contributed by atoms with van der Waals surface area (Å²) in [6.45, 7) is 0.127. The number of carboxylic acid groups (broad SMARTS) is 1. The topological polar surface area (TPSA) is 122 Å². The number of nitrogens with two attached hydrogens (primary N) is 1. The fourth-order valence-corrected chi connectivity index (χ4v) is 2.27. The number of carboxylic acids is 1. The summed E-state index contributed by atoms with van der Waals surface area (Å²) < 4.78 is 0. The fraction of sp³-hybridized carbons (Fsp3) is 0.357. The van der Waals surface area contributed by atoms with E-state index in [1.807, 2.05) is 0 Å². The van der Waals surface area contributed by atoms with Crippen molar-refractivity contribution in [2.75, 3.05) is 11.9 Å². The molecule has 0 bridgehead atoms. The van der Waals surface area contributed by atoms with Crippen molar-refractivity contribution in [2.45, 2.75) is 19.3 Å². The van der Waals surface area contributed by atoms with Crippen LogP contribution < -0.4 is 16.4 Å². The molecule has 0 aromatic heterocycles. The normalized spacial score (nSPS) is 15.6. The number of urea groups is 1. The molecule has 3 amide bonds. The van der Waals surface area contributed by atoms with E-state index in [4.69, 9.17) is 5.73 Å². The third-order valence-corrected chi connectivity index (χ3v) is 3.77. The zero-order valence-electron chi connectivity index (χ0n) is 11.4. The van der Waals surface area contributed by atoms with E-state index in [1.165, 1.54) is 12.1 Å². The highest BCUT2D eigenvalue weighted by atomic mass is 16.4. The predicted octanol–water partition coefficient (Wildman–Crippen LogP) is 1.16. The Hall–Kier alpha value is -2.57. The van der Waals surface area contributed by atoms with Gasteiger partial charge in [0.05, 0.1) is 5.41 Å². The molecule has 1 aromatic carbocycles. The predicted molar refractivity (Wildman–Crippen MR) is 75.9 cm³/mol. The maximum absolute atomic E-state index is 12.0. The molecule has 1 aliphatic carbocycles. The molecule has 0 radical (unpaired) electrons. The van der Waals surface area contributed by atoms with E-state index in [2.05, 4.69) is 10.6 Å². The summed E-state index contributed by atoms with van der Waals surface area (Å²) in [5.41, 5.74) is 5.05. The molecular formula is C14H17N3O4. The Kier molecular flexibility index (Phi) is 4.11. The molecule has 0 atom stereocenters. The third-order valence-electron chi connectivity index (χ3n) is 3.77. The van der Waals surface area contributed by atoms with Crippen LogP contribution in [0.3, 0.4) is 0 Å². The zero-order valence-corrected chi connectivity index (χ0v) is 11.4. The number of hydrogen-bond acceptors (Lipinski definition) is 3. The third kappa shape index (κ3) is 3.31. The average Bonchev–Trinajstić information content (AvgIpc) is 2.37. The number of anilines is 1. The molecule has 1 saturated carbocycles. The first-order valence-electron chi connectivity index (χ1n) is 6.61. The van der Waals surface area contributed by atoms with Gasteiger partial charge in [-0.3, -0.25) is 9.59 Å². The van der Waals surface area contributed by atoms with Gasteiger partial charge in [0, 0.05) is 17.8 Å². The van der Waals surface area contributed by atoms with Gasteiger partial charge in [0.25, 0.3) is 5.91 Å². The average molecular weight is 291 g/mol. The minimum atomic E-state index is -0.866. The summed E-state index contributed by atoms with van der Waals surface area (Å²) in [5.74, 6) is -1.21. The van der Waals surface area contributed by atoms with Gasteiger partial charge >= 0.3 is 12.0 Å². The second-order valence-electron chi connectivity index (χ2n) is 5.19. The van der Waals surface area contributed by atoms with Crippen LogP contribution >= 0.6 is 0 Å². The Bertz CT molecular complexity index is 564. The Morgan fingerprint density at radius 3 is 2.24 bits per heavy atom. The van der Waals surface area contributed by atoms with Crippen molar-refractivity contribution in [1.82, 2.24) is 5.32 Å². The summed E-state index contributed by atoms with van der Waals surface area (Å²) in [6.07, 6.45) is 2.05. The smallest absolute Gasteiger partial charge is 0.316 e. The Labute approximate surface area is 121 Å². The first kappa shape index (κ1) is 14.8. The number of carbonyl (C=O) groups excluding carboxylic acids is 2. The second-order valence-corrected chi connectivity index (χ2v) is 5.19. The molecule has 1 aromatic rings. The number of amides is 3. The summed E-state index contributed by atoms with van der Waals surface area (Å²) in [6, 6.07) is 5.50. The van der Waals surface area contributed by atoms with Crippen LogP contribution in [-0.2, 0) is 4.79 Å². The maximum Gasteiger partial charge on any atom is 0.316 e. The second kappa shape index (κ2) is 5.82. The zero-order chi connectivity index (χ0) is 15.5. The van der Waals surface area contributed by atoms with Gasteiger partial charge in [0.2, 0.25) is 0 Å². The summed E-state index contributed by atoms with van der Waals surface area (Å²) in [7, 11) is 0. The first-order chi connectivity index (χ1) is 9.93. The molecule has 21 heavy (non-hydrogen) atoms. The molecule has 0 unspecified atom stereocenters. The molecule has 112 valence electrons. The van der Waals surface area contributed by atoms with Crippen molar-refractivity contribution < 1.29 is 19.5 Å². The highest BCUT2D eigenvalue weighted by molar-refractivity contribution is 5.95. The van der Waals surface area contributed by atoms with Gasteiger partial charge in [-0.1, -0.05) is 6.42 Å². The van der Waals surface area contributed by atoms with Crippen molar-refractivity contribution in [3.63, 3.8) is 0 Å². The molecule has 1 fully saturated rings. The van der Waals surface area contributed by atoms with Crippen molar-refractivity contribution >= 4 is 23.6 Å². The molecule has 7 heteroatoms. The van der Waals surface area contributed by atoms with Crippen LogP contribution in [0.5, 0.6) is 0 Å². The number of aliphatic carboxylic acids is 1. The Morgan fingerprint density at radius 2 is 1.81 bits per heavy atom. The lowest BCUT2D eigenvalue weighted by Gasteiger charge is -2.37. The Morgan fingerprint density at radius 1 is 1.19 bits per heavy atom. The van der Waals surface area contributed by atoms with Gasteiger partial charge in [-0.05, 0) is 37.1 Å². The van der Waals surface area contributed by atoms with Crippen LogP contribution in [0.4, 0.5) is 10.5 Å². The molecule has 1 aliphatic rings. The Balaban J connectivity index is 1.94. The van der Waals surface area contributed by atoms with Gasteiger partial charge < -0.3 is 21.5 Å². The molecule has 7 nitrogen and oxygen atoms in total. The van der Waals surface area contributed by atoms with Crippen molar-refractivity contribution in [2.24, 2.45) is 11.1 Å². The van der Waals surface area contributed by atoms with Crippen LogP contribution in [0.15, 0.2) is 24.3 Å². The molecule has 0 saturated heterocycles. The van der Waals surface area contributed by atoms with Crippen molar-refractivity contribution in [3.8, 4) is 0 Å². The lowest BCUT2D eigenvalue weighted by atomic mass is 9.69. The van der Waals surface area contributed by atoms with Gasteiger partial charge in [0.1, 0.15) is 0 Å². The largest absolute Gasteiger partial charge is 0.481 e. The molecular weight excluding hydrogens is 274 g/mol. The number of rotatable bonds is 5. The molecule has 0 aliphatic heterocycles.